The summed E-state index contributed by atoms with van der Waals surface area (Å²) in [5.41, 5.74) is -0.338. The largest absolute Gasteiger partial charge is 0.381 e. The van der Waals surface area contributed by atoms with Gasteiger partial charge in [-0.3, -0.25) is 4.79 Å². The molecule has 1 aromatic rings. The van der Waals surface area contributed by atoms with Crippen LogP contribution in [0.4, 0.5) is 0 Å². The third kappa shape index (κ3) is 3.51. The summed E-state index contributed by atoms with van der Waals surface area (Å²) in [6.07, 6.45) is 1.43. The number of sulfonamides is 1. The van der Waals surface area contributed by atoms with E-state index < -0.39 is 10.0 Å². The standard InChI is InChI=1S/C19H26N2O5S/c22-18(20-8-12-26-13-9-20)17-14-21(15-19(17)6-10-25-11-7-19)27(23,24)16-4-2-1-3-5-16/h1-5,17H,6-15H2/t17-/m0/s1. The van der Waals surface area contributed by atoms with Crippen LogP contribution in [0.25, 0.3) is 0 Å². The highest BCUT2D eigenvalue weighted by Gasteiger charge is 2.54. The normalized spacial score (nSPS) is 26.4. The number of morpholine rings is 1. The van der Waals surface area contributed by atoms with Crippen molar-refractivity contribution in [1.82, 2.24) is 9.21 Å². The average Bonchev–Trinajstić information content (AvgIpc) is 3.08. The maximum Gasteiger partial charge on any atom is 0.243 e. The average molecular weight is 394 g/mol. The summed E-state index contributed by atoms with van der Waals surface area (Å²) >= 11 is 0. The number of hydrogen-bond donors (Lipinski definition) is 0. The molecule has 0 saturated carbocycles. The van der Waals surface area contributed by atoms with Gasteiger partial charge in [0.05, 0.1) is 24.0 Å². The zero-order valence-electron chi connectivity index (χ0n) is 15.4. The second-order valence-electron chi connectivity index (χ2n) is 7.58. The predicted octanol–water partition coefficient (Wildman–Crippen LogP) is 0.963. The summed E-state index contributed by atoms with van der Waals surface area (Å²) in [4.78, 5) is 15.4. The van der Waals surface area contributed by atoms with E-state index in [-0.39, 0.29) is 28.7 Å². The summed E-state index contributed by atoms with van der Waals surface area (Å²) < 4.78 is 38.7. The molecule has 3 aliphatic heterocycles. The molecule has 1 amide bonds. The first kappa shape index (κ1) is 18.9. The van der Waals surface area contributed by atoms with E-state index in [4.69, 9.17) is 9.47 Å². The summed E-state index contributed by atoms with van der Waals surface area (Å²) in [6.45, 7) is 4.02. The predicted molar refractivity (Wildman–Crippen MR) is 98.6 cm³/mol. The Morgan fingerprint density at radius 3 is 2.30 bits per heavy atom. The molecule has 3 heterocycles. The fraction of sp³-hybridized carbons (Fsp3) is 0.632. The van der Waals surface area contributed by atoms with Crippen molar-refractivity contribution in [2.45, 2.75) is 17.7 Å². The Bertz CT molecular complexity index is 771. The Labute approximate surface area is 160 Å². The molecule has 0 aromatic heterocycles. The number of hydrogen-bond acceptors (Lipinski definition) is 5. The minimum Gasteiger partial charge on any atom is -0.381 e. The summed E-state index contributed by atoms with van der Waals surface area (Å²) in [6, 6.07) is 8.48. The lowest BCUT2D eigenvalue weighted by molar-refractivity contribution is -0.144. The van der Waals surface area contributed by atoms with Gasteiger partial charge in [-0.15, -0.1) is 0 Å². The Kier molecular flexibility index (Phi) is 5.24. The van der Waals surface area contributed by atoms with Crippen molar-refractivity contribution in [2.24, 2.45) is 11.3 Å². The Hall–Kier alpha value is -1.48. The molecule has 8 heteroatoms. The van der Waals surface area contributed by atoms with Gasteiger partial charge in [0, 0.05) is 44.8 Å². The lowest BCUT2D eigenvalue weighted by Gasteiger charge is -2.39. The molecule has 0 N–H and O–H groups in total. The van der Waals surface area contributed by atoms with Crippen LogP contribution in [0.1, 0.15) is 12.8 Å². The van der Waals surface area contributed by atoms with Gasteiger partial charge in [0.15, 0.2) is 0 Å². The van der Waals surface area contributed by atoms with E-state index in [1.54, 1.807) is 30.3 Å². The third-order valence-corrected chi connectivity index (χ3v) is 7.93. The van der Waals surface area contributed by atoms with Crippen LogP contribution in [0.15, 0.2) is 35.2 Å². The van der Waals surface area contributed by atoms with Crippen molar-refractivity contribution in [3.05, 3.63) is 30.3 Å². The minimum atomic E-state index is -3.61. The highest BCUT2D eigenvalue weighted by atomic mass is 32.2. The molecule has 27 heavy (non-hydrogen) atoms. The fourth-order valence-electron chi connectivity index (χ4n) is 4.48. The van der Waals surface area contributed by atoms with Gasteiger partial charge in [-0.05, 0) is 25.0 Å². The second-order valence-corrected chi connectivity index (χ2v) is 9.51. The van der Waals surface area contributed by atoms with E-state index in [2.05, 4.69) is 0 Å². The van der Waals surface area contributed by atoms with E-state index in [1.807, 2.05) is 4.90 Å². The van der Waals surface area contributed by atoms with Crippen LogP contribution in [-0.2, 0) is 24.3 Å². The van der Waals surface area contributed by atoms with E-state index in [1.165, 1.54) is 4.31 Å². The van der Waals surface area contributed by atoms with Crippen molar-refractivity contribution in [2.75, 3.05) is 52.6 Å². The number of carbonyl (C=O) groups excluding carboxylic acids is 1. The number of benzene rings is 1. The molecule has 1 atom stereocenters. The Morgan fingerprint density at radius 2 is 1.63 bits per heavy atom. The minimum absolute atomic E-state index is 0.0611. The van der Waals surface area contributed by atoms with E-state index in [9.17, 15) is 13.2 Å². The highest BCUT2D eigenvalue weighted by Crippen LogP contribution is 2.46. The molecular weight excluding hydrogens is 368 g/mol. The van der Waals surface area contributed by atoms with Gasteiger partial charge in [0.1, 0.15) is 0 Å². The van der Waals surface area contributed by atoms with Crippen molar-refractivity contribution in [3.8, 4) is 0 Å². The van der Waals surface area contributed by atoms with Crippen molar-refractivity contribution >= 4 is 15.9 Å². The van der Waals surface area contributed by atoms with E-state index >= 15 is 0 Å². The molecular formula is C19H26N2O5S. The number of amides is 1. The Balaban J connectivity index is 1.62. The molecule has 3 fully saturated rings. The number of carbonyl (C=O) groups is 1. The highest BCUT2D eigenvalue weighted by molar-refractivity contribution is 7.89. The van der Waals surface area contributed by atoms with Crippen molar-refractivity contribution < 1.29 is 22.7 Å². The van der Waals surface area contributed by atoms with Crippen molar-refractivity contribution in [3.63, 3.8) is 0 Å². The summed E-state index contributed by atoms with van der Waals surface area (Å²) in [5, 5.41) is 0. The van der Waals surface area contributed by atoms with Crippen molar-refractivity contribution in [1.29, 1.82) is 0 Å². The van der Waals surface area contributed by atoms with Crippen LogP contribution in [0.5, 0.6) is 0 Å². The molecule has 7 nitrogen and oxygen atoms in total. The zero-order chi connectivity index (χ0) is 18.9. The first-order valence-electron chi connectivity index (χ1n) is 9.52. The molecule has 0 radical (unpaired) electrons. The van der Waals surface area contributed by atoms with Crippen LogP contribution in [0, 0.1) is 11.3 Å². The number of nitrogens with zero attached hydrogens (tertiary/aromatic N) is 2. The van der Waals surface area contributed by atoms with Crippen LogP contribution in [0.2, 0.25) is 0 Å². The number of ether oxygens (including phenoxy) is 2. The lowest BCUT2D eigenvalue weighted by atomic mass is 9.71. The molecule has 0 unspecified atom stereocenters. The summed E-state index contributed by atoms with van der Waals surface area (Å²) in [7, 11) is -3.61. The Morgan fingerprint density at radius 1 is 1.00 bits per heavy atom. The van der Waals surface area contributed by atoms with Gasteiger partial charge in [0.2, 0.25) is 15.9 Å². The van der Waals surface area contributed by atoms with E-state index in [0.29, 0.717) is 58.9 Å². The van der Waals surface area contributed by atoms with Crippen LogP contribution in [-0.4, -0.2) is 76.1 Å². The zero-order valence-corrected chi connectivity index (χ0v) is 16.2. The molecule has 0 bridgehead atoms. The van der Waals surface area contributed by atoms with E-state index in [0.717, 1.165) is 0 Å². The maximum absolute atomic E-state index is 13.3. The summed E-state index contributed by atoms with van der Waals surface area (Å²) in [5.74, 6) is -0.260. The smallest absolute Gasteiger partial charge is 0.243 e. The first-order chi connectivity index (χ1) is 13.0. The second kappa shape index (κ2) is 7.50. The topological polar surface area (TPSA) is 76.2 Å². The molecule has 148 valence electrons. The van der Waals surface area contributed by atoms with Gasteiger partial charge in [-0.2, -0.15) is 4.31 Å². The van der Waals surface area contributed by atoms with Gasteiger partial charge in [-0.25, -0.2) is 8.42 Å². The third-order valence-electron chi connectivity index (χ3n) is 6.11. The molecule has 4 rings (SSSR count). The fourth-order valence-corrected chi connectivity index (χ4v) is 6.05. The monoisotopic (exact) mass is 394 g/mol. The van der Waals surface area contributed by atoms with Gasteiger partial charge in [0.25, 0.3) is 0 Å². The van der Waals surface area contributed by atoms with Crippen LogP contribution in [0.3, 0.4) is 0 Å². The van der Waals surface area contributed by atoms with Crippen LogP contribution >= 0.6 is 0 Å². The molecule has 1 spiro atoms. The quantitative estimate of drug-likeness (QED) is 0.763. The van der Waals surface area contributed by atoms with Gasteiger partial charge >= 0.3 is 0 Å². The number of rotatable bonds is 3. The molecule has 1 aromatic carbocycles. The van der Waals surface area contributed by atoms with Gasteiger partial charge in [-0.1, -0.05) is 18.2 Å². The van der Waals surface area contributed by atoms with Crippen LogP contribution < -0.4 is 0 Å². The SMILES string of the molecule is O=C([C@@H]1CN(S(=O)(=O)c2ccccc2)CC12CCOCC2)N1CCOCC1. The molecule has 0 aliphatic carbocycles. The lowest BCUT2D eigenvalue weighted by Crippen LogP contribution is -2.49. The molecule has 3 aliphatic rings. The first-order valence-corrected chi connectivity index (χ1v) is 11.0. The molecule has 3 saturated heterocycles. The van der Waals surface area contributed by atoms with Gasteiger partial charge < -0.3 is 14.4 Å². The maximum atomic E-state index is 13.3.